The number of hydrogen-bond donors (Lipinski definition) is 1. The van der Waals surface area contributed by atoms with Crippen LogP contribution >= 0.6 is 0 Å². The maximum atomic E-state index is 11.0. The molecule has 25 heavy (non-hydrogen) atoms. The number of carboxylic acids is 1. The maximum Gasteiger partial charge on any atom is 0.303 e. The minimum absolute atomic E-state index is 0.228. The van der Waals surface area contributed by atoms with Gasteiger partial charge in [-0.2, -0.15) is 0 Å². The normalized spacial score (nSPS) is 21.3. The molecule has 0 unspecified atom stereocenters. The molecule has 140 valence electrons. The van der Waals surface area contributed by atoms with Crippen molar-refractivity contribution in [2.45, 2.75) is 31.8 Å². The second-order valence-electron chi connectivity index (χ2n) is 6.90. The first-order valence-electron chi connectivity index (χ1n) is 8.76. The Morgan fingerprint density at radius 3 is 2.68 bits per heavy atom. The van der Waals surface area contributed by atoms with Crippen molar-refractivity contribution in [2.75, 3.05) is 41.4 Å². The topological polar surface area (TPSA) is 62.2 Å². The summed E-state index contributed by atoms with van der Waals surface area (Å²) in [5, 5.41) is 9.04. The molecule has 2 rings (SSSR count). The molecule has 1 N–H and O–H groups in total. The van der Waals surface area contributed by atoms with Gasteiger partial charge in [-0.05, 0) is 45.5 Å². The molecule has 0 bridgehead atoms. The Balaban J connectivity index is 2.09. The minimum Gasteiger partial charge on any atom is -0.493 e. The summed E-state index contributed by atoms with van der Waals surface area (Å²) in [4.78, 5) is 15.6. The van der Waals surface area contributed by atoms with Crippen LogP contribution in [0.4, 0.5) is 0 Å². The molecule has 1 saturated heterocycles. The van der Waals surface area contributed by atoms with Gasteiger partial charge in [0.2, 0.25) is 0 Å². The van der Waals surface area contributed by atoms with Crippen molar-refractivity contribution >= 4 is 5.97 Å². The van der Waals surface area contributed by atoms with Crippen molar-refractivity contribution in [3.63, 3.8) is 0 Å². The molecule has 1 fully saturated rings. The van der Waals surface area contributed by atoms with Gasteiger partial charge < -0.3 is 19.5 Å². The Morgan fingerprint density at radius 1 is 1.32 bits per heavy atom. The number of likely N-dealkylation sites (tertiary alicyclic amines) is 1. The summed E-state index contributed by atoms with van der Waals surface area (Å²) in [7, 11) is 7.47. The lowest BCUT2D eigenvalue weighted by Crippen LogP contribution is -2.48. The molecule has 1 heterocycles. The van der Waals surface area contributed by atoms with E-state index in [0.29, 0.717) is 18.4 Å². The van der Waals surface area contributed by atoms with Crippen LogP contribution in [-0.2, 0) is 11.3 Å². The Kier molecular flexibility index (Phi) is 7.08. The number of rotatable bonds is 8. The fourth-order valence-corrected chi connectivity index (χ4v) is 3.83. The van der Waals surface area contributed by atoms with Crippen molar-refractivity contribution in [1.82, 2.24) is 9.80 Å². The average molecular weight is 350 g/mol. The highest BCUT2D eigenvalue weighted by Crippen LogP contribution is 2.33. The molecule has 6 heteroatoms. The third kappa shape index (κ3) is 5.09. The quantitative estimate of drug-likeness (QED) is 0.776. The first-order valence-corrected chi connectivity index (χ1v) is 8.76. The zero-order valence-electron chi connectivity index (χ0n) is 15.7. The van der Waals surface area contributed by atoms with E-state index in [-0.39, 0.29) is 6.42 Å². The number of aliphatic carboxylic acids is 1. The lowest BCUT2D eigenvalue weighted by Gasteiger charge is -2.41. The molecule has 0 aromatic heterocycles. The van der Waals surface area contributed by atoms with Crippen molar-refractivity contribution < 1.29 is 19.4 Å². The third-order valence-electron chi connectivity index (χ3n) is 5.05. The monoisotopic (exact) mass is 350 g/mol. The van der Waals surface area contributed by atoms with Gasteiger partial charge in [0.1, 0.15) is 0 Å². The summed E-state index contributed by atoms with van der Waals surface area (Å²) >= 11 is 0. The second kappa shape index (κ2) is 9.06. The Hall–Kier alpha value is -1.79. The Bertz CT molecular complexity index is 577. The van der Waals surface area contributed by atoms with E-state index in [9.17, 15) is 4.79 Å². The summed E-state index contributed by atoms with van der Waals surface area (Å²) in [5.74, 6) is 1.16. The van der Waals surface area contributed by atoms with E-state index < -0.39 is 5.97 Å². The molecule has 0 spiro atoms. The van der Waals surface area contributed by atoms with Crippen molar-refractivity contribution in [3.05, 3.63) is 23.8 Å². The number of carbonyl (C=O) groups is 1. The van der Waals surface area contributed by atoms with Crippen LogP contribution in [0.5, 0.6) is 11.5 Å². The van der Waals surface area contributed by atoms with E-state index in [0.717, 1.165) is 43.1 Å². The number of piperidine rings is 1. The van der Waals surface area contributed by atoms with E-state index in [4.69, 9.17) is 14.6 Å². The number of nitrogens with zero attached hydrogens (tertiary/aromatic N) is 2. The second-order valence-corrected chi connectivity index (χ2v) is 6.90. The highest BCUT2D eigenvalue weighted by molar-refractivity contribution is 5.66. The molecule has 0 saturated carbocycles. The molecule has 0 amide bonds. The molecule has 6 nitrogen and oxygen atoms in total. The number of ether oxygens (including phenoxy) is 2. The zero-order chi connectivity index (χ0) is 18.4. The number of methoxy groups -OCH3 is 2. The number of benzene rings is 1. The van der Waals surface area contributed by atoms with Crippen molar-refractivity contribution in [2.24, 2.45) is 5.92 Å². The van der Waals surface area contributed by atoms with Gasteiger partial charge in [0.05, 0.1) is 14.2 Å². The van der Waals surface area contributed by atoms with E-state index >= 15 is 0 Å². The lowest BCUT2D eigenvalue weighted by molar-refractivity contribution is -0.137. The van der Waals surface area contributed by atoms with Crippen LogP contribution in [0.25, 0.3) is 0 Å². The fraction of sp³-hybridized carbons (Fsp3) is 0.632. The summed E-state index contributed by atoms with van der Waals surface area (Å²) in [6.07, 6.45) is 1.98. The Labute approximate surface area is 150 Å². The number of para-hydroxylation sites is 1. The van der Waals surface area contributed by atoms with Crippen molar-refractivity contribution in [3.8, 4) is 11.5 Å². The van der Waals surface area contributed by atoms with Crippen molar-refractivity contribution in [1.29, 1.82) is 0 Å². The van der Waals surface area contributed by atoms with Gasteiger partial charge >= 0.3 is 5.97 Å². The largest absolute Gasteiger partial charge is 0.493 e. The number of hydrogen-bond acceptors (Lipinski definition) is 5. The zero-order valence-corrected chi connectivity index (χ0v) is 15.7. The molecule has 1 aromatic rings. The average Bonchev–Trinajstić information content (AvgIpc) is 2.59. The van der Waals surface area contributed by atoms with Gasteiger partial charge in [-0.15, -0.1) is 0 Å². The van der Waals surface area contributed by atoms with E-state index in [1.165, 1.54) is 0 Å². The first kappa shape index (κ1) is 19.5. The fourth-order valence-electron chi connectivity index (χ4n) is 3.83. The molecular formula is C19H30N2O4. The summed E-state index contributed by atoms with van der Waals surface area (Å²) in [6, 6.07) is 6.37. The highest BCUT2D eigenvalue weighted by Gasteiger charge is 2.31. The highest BCUT2D eigenvalue weighted by atomic mass is 16.5. The predicted molar refractivity (Wildman–Crippen MR) is 97.3 cm³/mol. The molecule has 1 aromatic carbocycles. The van der Waals surface area contributed by atoms with Gasteiger partial charge in [-0.25, -0.2) is 0 Å². The van der Waals surface area contributed by atoms with Crippen LogP contribution in [-0.4, -0.2) is 68.3 Å². The van der Waals surface area contributed by atoms with E-state index in [1.54, 1.807) is 14.2 Å². The lowest BCUT2D eigenvalue weighted by atomic mass is 9.87. The van der Waals surface area contributed by atoms with Gasteiger partial charge in [0.15, 0.2) is 11.5 Å². The maximum absolute atomic E-state index is 11.0. The SMILES string of the molecule is COc1cccc(CN2CC[C@@H](N(C)C)[C@@H](CCC(=O)O)C2)c1OC. The van der Waals surface area contributed by atoms with Crippen LogP contribution in [0.1, 0.15) is 24.8 Å². The van der Waals surface area contributed by atoms with Gasteiger partial charge in [0, 0.05) is 31.1 Å². The molecule has 0 radical (unpaired) electrons. The molecule has 0 aliphatic carbocycles. The summed E-state index contributed by atoms with van der Waals surface area (Å²) in [6.45, 7) is 2.67. The van der Waals surface area contributed by atoms with Gasteiger partial charge in [-0.1, -0.05) is 12.1 Å². The first-order chi connectivity index (χ1) is 12.0. The molecule has 1 aliphatic heterocycles. The third-order valence-corrected chi connectivity index (χ3v) is 5.05. The van der Waals surface area contributed by atoms with Crippen LogP contribution in [0.3, 0.4) is 0 Å². The van der Waals surface area contributed by atoms with E-state index in [2.05, 4.69) is 30.0 Å². The van der Waals surface area contributed by atoms with Crippen LogP contribution < -0.4 is 9.47 Å². The predicted octanol–water partition coefficient (Wildman–Crippen LogP) is 2.32. The summed E-state index contributed by atoms with van der Waals surface area (Å²) < 4.78 is 10.9. The van der Waals surface area contributed by atoms with E-state index in [1.807, 2.05) is 12.1 Å². The minimum atomic E-state index is -0.718. The van der Waals surface area contributed by atoms with Gasteiger partial charge in [-0.3, -0.25) is 9.69 Å². The molecule has 1 aliphatic rings. The molecular weight excluding hydrogens is 320 g/mol. The summed E-state index contributed by atoms with van der Waals surface area (Å²) in [5.41, 5.74) is 1.10. The van der Waals surface area contributed by atoms with Gasteiger partial charge in [0.25, 0.3) is 0 Å². The smallest absolute Gasteiger partial charge is 0.303 e. The molecule has 2 atom stereocenters. The Morgan fingerprint density at radius 2 is 2.08 bits per heavy atom. The number of carboxylic acid groups (broad SMARTS) is 1. The van der Waals surface area contributed by atoms with Crippen LogP contribution in [0, 0.1) is 5.92 Å². The van der Waals surface area contributed by atoms with Crippen LogP contribution in [0.15, 0.2) is 18.2 Å². The van der Waals surface area contributed by atoms with Crippen LogP contribution in [0.2, 0.25) is 0 Å². The standard InChI is InChI=1S/C19H30N2O4/c1-20(2)16-10-11-21(12-14(16)8-9-18(22)23)13-15-6-5-7-17(24-3)19(15)25-4/h5-7,14,16H,8-13H2,1-4H3,(H,22,23)/t14-,16+/m0/s1.